The van der Waals surface area contributed by atoms with Crippen LogP contribution in [0.1, 0.15) is 25.8 Å². The van der Waals surface area contributed by atoms with E-state index in [2.05, 4.69) is 58.2 Å². The lowest BCUT2D eigenvalue weighted by Crippen LogP contribution is -2.43. The van der Waals surface area contributed by atoms with Crippen molar-refractivity contribution >= 4 is 21.6 Å². The fourth-order valence-corrected chi connectivity index (χ4v) is 3.13. The lowest BCUT2D eigenvalue weighted by molar-refractivity contribution is 0.103. The molecule has 4 heteroatoms. The van der Waals surface area contributed by atoms with Gasteiger partial charge in [-0.2, -0.15) is 0 Å². The topological polar surface area (TPSA) is 35.5 Å². The highest BCUT2D eigenvalue weighted by Crippen LogP contribution is 2.30. The third-order valence-corrected chi connectivity index (χ3v) is 4.49. The molecule has 0 spiro atoms. The molecule has 0 radical (unpaired) electrons. The third-order valence-electron chi connectivity index (χ3n) is 3.85. The van der Waals surface area contributed by atoms with Gasteiger partial charge in [-0.1, -0.05) is 19.9 Å². The Morgan fingerprint density at radius 1 is 1.47 bits per heavy atom. The molecule has 1 heterocycles. The molecule has 19 heavy (non-hydrogen) atoms. The summed E-state index contributed by atoms with van der Waals surface area (Å²) in [5, 5.41) is 13.3. The van der Waals surface area contributed by atoms with Crippen LogP contribution in [-0.2, 0) is 6.54 Å². The molecular formula is C15H23BrN2O. The Balaban J connectivity index is 2.08. The molecule has 0 aromatic heterocycles. The van der Waals surface area contributed by atoms with Gasteiger partial charge < -0.3 is 15.3 Å². The first-order chi connectivity index (χ1) is 9.11. The number of aliphatic hydroxyl groups is 1. The van der Waals surface area contributed by atoms with E-state index in [1.165, 1.54) is 11.3 Å². The van der Waals surface area contributed by atoms with E-state index in [0.717, 1.165) is 37.1 Å². The second-order valence-corrected chi connectivity index (χ2v) is 6.20. The fraction of sp³-hybridized carbons (Fsp3) is 0.600. The zero-order valence-corrected chi connectivity index (χ0v) is 13.3. The van der Waals surface area contributed by atoms with E-state index in [0.29, 0.717) is 5.92 Å². The van der Waals surface area contributed by atoms with Crippen LogP contribution >= 0.6 is 15.9 Å². The van der Waals surface area contributed by atoms with Crippen molar-refractivity contribution in [2.75, 3.05) is 24.5 Å². The Kier molecular flexibility index (Phi) is 5.25. The SMILES string of the molecule is CCNCc1ccc(N2CCC(C)C(O)C2)c(Br)c1. The Labute approximate surface area is 124 Å². The Hall–Kier alpha value is -0.580. The summed E-state index contributed by atoms with van der Waals surface area (Å²) in [7, 11) is 0. The van der Waals surface area contributed by atoms with Crippen LogP contribution in [0.4, 0.5) is 5.69 Å². The molecule has 0 amide bonds. The van der Waals surface area contributed by atoms with Crippen molar-refractivity contribution < 1.29 is 5.11 Å². The average molecular weight is 327 g/mol. The largest absolute Gasteiger partial charge is 0.391 e. The van der Waals surface area contributed by atoms with Gasteiger partial charge in [0.2, 0.25) is 0 Å². The number of rotatable bonds is 4. The lowest BCUT2D eigenvalue weighted by Gasteiger charge is -2.36. The zero-order chi connectivity index (χ0) is 13.8. The first kappa shape index (κ1) is 14.8. The number of nitrogens with zero attached hydrogens (tertiary/aromatic N) is 1. The molecule has 1 fully saturated rings. The molecule has 2 N–H and O–H groups in total. The van der Waals surface area contributed by atoms with Crippen molar-refractivity contribution in [3.8, 4) is 0 Å². The lowest BCUT2D eigenvalue weighted by atomic mass is 9.95. The van der Waals surface area contributed by atoms with Crippen molar-refractivity contribution in [3.05, 3.63) is 28.2 Å². The Morgan fingerprint density at radius 2 is 2.26 bits per heavy atom. The summed E-state index contributed by atoms with van der Waals surface area (Å²) in [5.74, 6) is 0.406. The van der Waals surface area contributed by atoms with Crippen molar-refractivity contribution in [2.45, 2.75) is 32.9 Å². The molecule has 1 aromatic carbocycles. The highest BCUT2D eigenvalue weighted by atomic mass is 79.9. The molecule has 0 bridgehead atoms. The minimum atomic E-state index is -0.220. The molecule has 2 rings (SSSR count). The van der Waals surface area contributed by atoms with E-state index < -0.39 is 0 Å². The number of β-amino-alcohol motifs (C(OH)–C–C–N with tert-alkyl or cyclic N) is 1. The van der Waals surface area contributed by atoms with E-state index in [9.17, 15) is 5.11 Å². The van der Waals surface area contributed by atoms with Gasteiger partial charge in [-0.05, 0) is 52.5 Å². The Morgan fingerprint density at radius 3 is 2.89 bits per heavy atom. The van der Waals surface area contributed by atoms with Gasteiger partial charge in [-0.25, -0.2) is 0 Å². The predicted molar refractivity (Wildman–Crippen MR) is 83.5 cm³/mol. The Bertz CT molecular complexity index is 425. The van der Waals surface area contributed by atoms with E-state index in [1.54, 1.807) is 0 Å². The molecule has 1 aliphatic heterocycles. The van der Waals surface area contributed by atoms with Gasteiger partial charge in [0, 0.05) is 24.1 Å². The second kappa shape index (κ2) is 6.73. The number of halogens is 1. The summed E-state index contributed by atoms with van der Waals surface area (Å²) in [5.41, 5.74) is 2.47. The van der Waals surface area contributed by atoms with Gasteiger partial charge in [0.1, 0.15) is 0 Å². The number of aliphatic hydroxyl groups excluding tert-OH is 1. The van der Waals surface area contributed by atoms with E-state index >= 15 is 0 Å². The van der Waals surface area contributed by atoms with Gasteiger partial charge >= 0.3 is 0 Å². The zero-order valence-electron chi connectivity index (χ0n) is 11.7. The molecule has 106 valence electrons. The molecule has 1 aliphatic rings. The molecule has 0 saturated carbocycles. The summed E-state index contributed by atoms with van der Waals surface area (Å²) < 4.78 is 1.12. The van der Waals surface area contributed by atoms with Crippen LogP contribution in [0.15, 0.2) is 22.7 Å². The van der Waals surface area contributed by atoms with Crippen LogP contribution in [0, 0.1) is 5.92 Å². The van der Waals surface area contributed by atoms with E-state index in [4.69, 9.17) is 0 Å². The number of benzene rings is 1. The summed E-state index contributed by atoms with van der Waals surface area (Å²) in [4.78, 5) is 2.27. The number of hydrogen-bond acceptors (Lipinski definition) is 3. The summed E-state index contributed by atoms with van der Waals surface area (Å²) in [6.07, 6.45) is 0.828. The van der Waals surface area contributed by atoms with E-state index in [1.807, 2.05) is 0 Å². The summed E-state index contributed by atoms with van der Waals surface area (Å²) in [6, 6.07) is 6.48. The quantitative estimate of drug-likeness (QED) is 0.893. The van der Waals surface area contributed by atoms with Crippen molar-refractivity contribution in [3.63, 3.8) is 0 Å². The monoisotopic (exact) mass is 326 g/mol. The van der Waals surface area contributed by atoms with Gasteiger partial charge in [0.05, 0.1) is 11.8 Å². The minimum absolute atomic E-state index is 0.220. The molecule has 2 atom stereocenters. The maximum atomic E-state index is 10.0. The third kappa shape index (κ3) is 3.71. The van der Waals surface area contributed by atoms with E-state index in [-0.39, 0.29) is 6.10 Å². The second-order valence-electron chi connectivity index (χ2n) is 5.35. The van der Waals surface area contributed by atoms with Crippen LogP contribution in [0.2, 0.25) is 0 Å². The molecule has 3 nitrogen and oxygen atoms in total. The van der Waals surface area contributed by atoms with Crippen molar-refractivity contribution in [1.82, 2.24) is 5.32 Å². The number of nitrogens with one attached hydrogen (secondary N) is 1. The molecule has 2 unspecified atom stereocenters. The van der Waals surface area contributed by atoms with Gasteiger partial charge in [0.15, 0.2) is 0 Å². The fourth-order valence-electron chi connectivity index (χ4n) is 2.45. The van der Waals surface area contributed by atoms with Crippen LogP contribution in [0.3, 0.4) is 0 Å². The van der Waals surface area contributed by atoms with Crippen LogP contribution in [0.25, 0.3) is 0 Å². The van der Waals surface area contributed by atoms with Crippen molar-refractivity contribution in [1.29, 1.82) is 0 Å². The predicted octanol–water partition coefficient (Wildman–Crippen LogP) is 2.77. The molecule has 1 saturated heterocycles. The normalized spacial score (nSPS) is 23.7. The molecule has 1 aromatic rings. The maximum Gasteiger partial charge on any atom is 0.0741 e. The molecule has 0 aliphatic carbocycles. The first-order valence-corrected chi connectivity index (χ1v) is 7.83. The first-order valence-electron chi connectivity index (χ1n) is 7.04. The highest BCUT2D eigenvalue weighted by Gasteiger charge is 2.25. The summed E-state index contributed by atoms with van der Waals surface area (Å²) >= 11 is 3.66. The average Bonchev–Trinajstić information content (AvgIpc) is 2.40. The van der Waals surface area contributed by atoms with Gasteiger partial charge in [-0.3, -0.25) is 0 Å². The number of hydrogen-bond donors (Lipinski definition) is 2. The number of anilines is 1. The summed E-state index contributed by atoms with van der Waals surface area (Å²) in [6.45, 7) is 7.86. The number of piperidine rings is 1. The van der Waals surface area contributed by atoms with Crippen LogP contribution in [-0.4, -0.2) is 30.8 Å². The standard InChI is InChI=1S/C15H23BrN2O/c1-3-17-9-12-4-5-14(13(16)8-12)18-7-6-11(2)15(19)10-18/h4-5,8,11,15,17,19H,3,6-7,9-10H2,1-2H3. The van der Waals surface area contributed by atoms with Gasteiger partial charge in [-0.15, -0.1) is 0 Å². The smallest absolute Gasteiger partial charge is 0.0741 e. The molecular weight excluding hydrogens is 304 g/mol. The minimum Gasteiger partial charge on any atom is -0.391 e. The highest BCUT2D eigenvalue weighted by molar-refractivity contribution is 9.10. The van der Waals surface area contributed by atoms with Crippen LogP contribution in [0.5, 0.6) is 0 Å². The van der Waals surface area contributed by atoms with Crippen molar-refractivity contribution in [2.24, 2.45) is 5.92 Å². The van der Waals surface area contributed by atoms with Crippen LogP contribution < -0.4 is 10.2 Å². The maximum absolute atomic E-state index is 10.0. The van der Waals surface area contributed by atoms with Gasteiger partial charge in [0.25, 0.3) is 0 Å².